The Morgan fingerprint density at radius 2 is 2.10 bits per heavy atom. The minimum atomic E-state index is -1.10. The van der Waals surface area contributed by atoms with Gasteiger partial charge in [-0.05, 0) is 12.3 Å². The van der Waals surface area contributed by atoms with Gasteiger partial charge in [0.25, 0.3) is 0 Å². The van der Waals surface area contributed by atoms with Gasteiger partial charge in [0, 0.05) is 13.0 Å². The SMILES string of the molecule is O=C(CCC1CCCCC1)NCCn1cc(C(=O)O)nn1. The van der Waals surface area contributed by atoms with Crippen LogP contribution in [0, 0.1) is 5.92 Å². The van der Waals surface area contributed by atoms with Crippen LogP contribution in [0.4, 0.5) is 0 Å². The van der Waals surface area contributed by atoms with Crippen molar-refractivity contribution in [2.24, 2.45) is 5.92 Å². The maximum atomic E-state index is 11.7. The second kappa shape index (κ2) is 7.75. The monoisotopic (exact) mass is 294 g/mol. The van der Waals surface area contributed by atoms with E-state index < -0.39 is 5.97 Å². The van der Waals surface area contributed by atoms with Gasteiger partial charge in [-0.3, -0.25) is 4.79 Å². The van der Waals surface area contributed by atoms with Gasteiger partial charge in [0.2, 0.25) is 5.91 Å². The molecule has 1 aliphatic carbocycles. The molecule has 0 radical (unpaired) electrons. The summed E-state index contributed by atoms with van der Waals surface area (Å²) in [6, 6.07) is 0. The minimum Gasteiger partial charge on any atom is -0.476 e. The lowest BCUT2D eigenvalue weighted by Crippen LogP contribution is -2.27. The first-order valence-electron chi connectivity index (χ1n) is 7.55. The molecule has 21 heavy (non-hydrogen) atoms. The molecule has 0 aromatic carbocycles. The Bertz CT molecular complexity index is 480. The van der Waals surface area contributed by atoms with Gasteiger partial charge >= 0.3 is 5.97 Å². The van der Waals surface area contributed by atoms with E-state index in [1.807, 2.05) is 0 Å². The standard InChI is InChI=1S/C14H22N4O3/c19-13(7-6-11-4-2-1-3-5-11)15-8-9-18-10-12(14(20)21)16-17-18/h10-11H,1-9H2,(H,15,19)(H,20,21). The van der Waals surface area contributed by atoms with Crippen LogP contribution in [0.3, 0.4) is 0 Å². The van der Waals surface area contributed by atoms with Crippen molar-refractivity contribution in [3.8, 4) is 0 Å². The molecule has 116 valence electrons. The Hall–Kier alpha value is -1.92. The summed E-state index contributed by atoms with van der Waals surface area (Å²) < 4.78 is 1.42. The zero-order chi connectivity index (χ0) is 15.1. The van der Waals surface area contributed by atoms with Crippen LogP contribution in [0.5, 0.6) is 0 Å². The first kappa shape index (κ1) is 15.5. The fraction of sp³-hybridized carbons (Fsp3) is 0.714. The highest BCUT2D eigenvalue weighted by atomic mass is 16.4. The summed E-state index contributed by atoms with van der Waals surface area (Å²) in [5.74, 6) is -0.338. The van der Waals surface area contributed by atoms with Crippen molar-refractivity contribution in [2.45, 2.75) is 51.5 Å². The number of rotatable bonds is 7. The van der Waals surface area contributed by atoms with E-state index in [0.29, 0.717) is 25.4 Å². The van der Waals surface area contributed by atoms with E-state index in [1.54, 1.807) is 0 Å². The molecule has 1 aliphatic rings. The number of carboxylic acid groups (broad SMARTS) is 1. The number of hydrogen-bond acceptors (Lipinski definition) is 4. The maximum absolute atomic E-state index is 11.7. The zero-order valence-corrected chi connectivity index (χ0v) is 12.1. The van der Waals surface area contributed by atoms with Gasteiger partial charge in [-0.25, -0.2) is 9.48 Å². The third kappa shape index (κ3) is 5.17. The smallest absolute Gasteiger partial charge is 0.358 e. The fourth-order valence-corrected chi connectivity index (χ4v) is 2.71. The highest BCUT2D eigenvalue weighted by Crippen LogP contribution is 2.27. The van der Waals surface area contributed by atoms with Crippen LogP contribution in [0.15, 0.2) is 6.20 Å². The van der Waals surface area contributed by atoms with Crippen LogP contribution in [-0.4, -0.2) is 38.5 Å². The zero-order valence-electron chi connectivity index (χ0n) is 12.1. The Balaban J connectivity index is 1.61. The molecule has 0 atom stereocenters. The summed E-state index contributed by atoms with van der Waals surface area (Å²) in [6.45, 7) is 0.862. The second-order valence-electron chi connectivity index (χ2n) is 5.56. The molecule has 0 unspecified atom stereocenters. The van der Waals surface area contributed by atoms with Crippen molar-refractivity contribution in [3.05, 3.63) is 11.9 Å². The van der Waals surface area contributed by atoms with Crippen LogP contribution in [0.1, 0.15) is 55.4 Å². The molecule has 1 fully saturated rings. The molecular formula is C14H22N4O3. The van der Waals surface area contributed by atoms with E-state index in [4.69, 9.17) is 5.11 Å². The number of hydrogen-bond donors (Lipinski definition) is 2. The van der Waals surface area contributed by atoms with Crippen LogP contribution < -0.4 is 5.32 Å². The number of amides is 1. The molecule has 2 N–H and O–H groups in total. The quantitative estimate of drug-likeness (QED) is 0.793. The number of carbonyl (C=O) groups excluding carboxylic acids is 1. The average molecular weight is 294 g/mol. The van der Waals surface area contributed by atoms with E-state index >= 15 is 0 Å². The molecule has 1 amide bonds. The van der Waals surface area contributed by atoms with Crippen LogP contribution >= 0.6 is 0 Å². The largest absolute Gasteiger partial charge is 0.476 e. The summed E-state index contributed by atoms with van der Waals surface area (Å²) in [6.07, 6.45) is 9.33. The van der Waals surface area contributed by atoms with Gasteiger partial charge in [-0.1, -0.05) is 37.3 Å². The second-order valence-corrected chi connectivity index (χ2v) is 5.56. The molecule has 0 spiro atoms. The summed E-state index contributed by atoms with van der Waals surface area (Å²) in [5.41, 5.74) is -0.0846. The molecule has 2 rings (SSSR count). The number of carboxylic acids is 1. The molecule has 1 saturated carbocycles. The van der Waals surface area contributed by atoms with Crippen molar-refractivity contribution in [1.29, 1.82) is 0 Å². The predicted octanol–water partition coefficient (Wildman–Crippen LogP) is 1.45. The Kier molecular flexibility index (Phi) is 5.71. The van der Waals surface area contributed by atoms with Gasteiger partial charge in [-0.15, -0.1) is 5.10 Å². The van der Waals surface area contributed by atoms with Gasteiger partial charge in [0.05, 0.1) is 12.7 Å². The minimum absolute atomic E-state index is 0.0548. The van der Waals surface area contributed by atoms with Crippen molar-refractivity contribution in [1.82, 2.24) is 20.3 Å². The molecule has 1 aromatic rings. The first-order valence-corrected chi connectivity index (χ1v) is 7.55. The summed E-state index contributed by atoms with van der Waals surface area (Å²) in [7, 11) is 0. The maximum Gasteiger partial charge on any atom is 0.358 e. The van der Waals surface area contributed by atoms with Crippen LogP contribution in [0.2, 0.25) is 0 Å². The van der Waals surface area contributed by atoms with Crippen LogP contribution in [0.25, 0.3) is 0 Å². The summed E-state index contributed by atoms with van der Waals surface area (Å²) in [5, 5.41) is 18.8. The molecule has 1 aromatic heterocycles. The molecular weight excluding hydrogens is 272 g/mol. The third-order valence-electron chi connectivity index (χ3n) is 3.93. The lowest BCUT2D eigenvalue weighted by atomic mass is 9.86. The van der Waals surface area contributed by atoms with E-state index in [2.05, 4.69) is 15.6 Å². The molecule has 7 heteroatoms. The lowest BCUT2D eigenvalue weighted by Gasteiger charge is -2.20. The summed E-state index contributed by atoms with van der Waals surface area (Å²) in [4.78, 5) is 22.4. The number of nitrogens with one attached hydrogen (secondary N) is 1. The predicted molar refractivity (Wildman–Crippen MR) is 75.8 cm³/mol. The number of nitrogens with zero attached hydrogens (tertiary/aromatic N) is 3. The highest BCUT2D eigenvalue weighted by molar-refractivity contribution is 5.84. The van der Waals surface area contributed by atoms with Crippen molar-refractivity contribution in [2.75, 3.05) is 6.54 Å². The molecule has 0 saturated heterocycles. The number of carbonyl (C=O) groups is 2. The van der Waals surface area contributed by atoms with Gasteiger partial charge < -0.3 is 10.4 Å². The van der Waals surface area contributed by atoms with Crippen molar-refractivity contribution < 1.29 is 14.7 Å². The van der Waals surface area contributed by atoms with Crippen molar-refractivity contribution in [3.63, 3.8) is 0 Å². The fourth-order valence-electron chi connectivity index (χ4n) is 2.71. The van der Waals surface area contributed by atoms with Gasteiger partial charge in [0.15, 0.2) is 5.69 Å². The lowest BCUT2D eigenvalue weighted by molar-refractivity contribution is -0.121. The third-order valence-corrected chi connectivity index (χ3v) is 3.93. The normalized spacial score (nSPS) is 15.8. The highest BCUT2D eigenvalue weighted by Gasteiger charge is 2.14. The summed E-state index contributed by atoms with van der Waals surface area (Å²) >= 11 is 0. The molecule has 0 aliphatic heterocycles. The first-order chi connectivity index (χ1) is 10.1. The molecule has 7 nitrogen and oxygen atoms in total. The van der Waals surface area contributed by atoms with E-state index in [1.165, 1.54) is 43.0 Å². The van der Waals surface area contributed by atoms with Gasteiger partial charge in [0.1, 0.15) is 0 Å². The van der Waals surface area contributed by atoms with Crippen molar-refractivity contribution >= 4 is 11.9 Å². The van der Waals surface area contributed by atoms with E-state index in [0.717, 1.165) is 6.42 Å². The molecule has 0 bridgehead atoms. The van der Waals surface area contributed by atoms with E-state index in [-0.39, 0.29) is 11.6 Å². The van der Waals surface area contributed by atoms with Crippen LogP contribution in [-0.2, 0) is 11.3 Å². The Morgan fingerprint density at radius 3 is 2.76 bits per heavy atom. The topological polar surface area (TPSA) is 97.1 Å². The number of aromatic nitrogens is 3. The van der Waals surface area contributed by atoms with Gasteiger partial charge in [-0.2, -0.15) is 0 Å². The Labute approximate surface area is 123 Å². The molecule has 1 heterocycles. The Morgan fingerprint density at radius 1 is 1.33 bits per heavy atom. The number of aromatic carboxylic acids is 1. The average Bonchev–Trinajstić information content (AvgIpc) is 2.95. The van der Waals surface area contributed by atoms with E-state index in [9.17, 15) is 9.59 Å².